The molecule has 3 aromatic rings. The van der Waals surface area contributed by atoms with Crippen molar-refractivity contribution in [2.24, 2.45) is 0 Å². The van der Waals surface area contributed by atoms with E-state index < -0.39 is 0 Å². The highest BCUT2D eigenvalue weighted by atomic mass is 79.9. The van der Waals surface area contributed by atoms with Gasteiger partial charge in [-0.05, 0) is 17.7 Å². The topological polar surface area (TPSA) is 22.1 Å². The molecule has 0 N–H and O–H groups in total. The predicted octanol–water partition coefficient (Wildman–Crippen LogP) is 5.28. The van der Waals surface area contributed by atoms with Crippen LogP contribution in [0.4, 0.5) is 0 Å². The van der Waals surface area contributed by atoms with E-state index in [4.69, 9.17) is 4.74 Å². The molecule has 4 heteroatoms. The summed E-state index contributed by atoms with van der Waals surface area (Å²) < 4.78 is 5.98. The number of thiazole rings is 1. The SMILES string of the molecule is BrCc1csc(-c2ccccc2OCc2ccccc2)n1. The van der Waals surface area contributed by atoms with Gasteiger partial charge in [0.25, 0.3) is 0 Å². The Balaban J connectivity index is 1.82. The lowest BCUT2D eigenvalue weighted by Gasteiger charge is -2.09. The van der Waals surface area contributed by atoms with E-state index in [1.54, 1.807) is 11.3 Å². The summed E-state index contributed by atoms with van der Waals surface area (Å²) in [6, 6.07) is 18.2. The third-order valence-corrected chi connectivity index (χ3v) is 4.54. The van der Waals surface area contributed by atoms with Gasteiger partial charge in [-0.2, -0.15) is 0 Å². The first kappa shape index (κ1) is 14.3. The molecule has 0 aliphatic rings. The van der Waals surface area contributed by atoms with Gasteiger partial charge in [-0.25, -0.2) is 4.98 Å². The third kappa shape index (κ3) is 3.52. The molecular weight excluding hydrogens is 346 g/mol. The molecule has 0 bridgehead atoms. The van der Waals surface area contributed by atoms with Gasteiger partial charge in [0.05, 0.1) is 11.3 Å². The molecule has 2 nitrogen and oxygen atoms in total. The van der Waals surface area contributed by atoms with Crippen LogP contribution in [0.25, 0.3) is 10.6 Å². The van der Waals surface area contributed by atoms with E-state index in [1.165, 1.54) is 0 Å². The summed E-state index contributed by atoms with van der Waals surface area (Å²) in [5.74, 6) is 0.872. The highest BCUT2D eigenvalue weighted by molar-refractivity contribution is 9.08. The number of halogens is 1. The molecule has 0 atom stereocenters. The van der Waals surface area contributed by atoms with Gasteiger partial charge in [-0.15, -0.1) is 11.3 Å². The van der Waals surface area contributed by atoms with Crippen molar-refractivity contribution in [1.29, 1.82) is 0 Å². The van der Waals surface area contributed by atoms with Gasteiger partial charge in [0.2, 0.25) is 0 Å². The molecule has 0 radical (unpaired) electrons. The molecule has 0 aliphatic heterocycles. The zero-order valence-electron chi connectivity index (χ0n) is 11.3. The Morgan fingerprint density at radius 1 is 1.00 bits per heavy atom. The summed E-state index contributed by atoms with van der Waals surface area (Å²) in [5, 5.41) is 3.84. The van der Waals surface area contributed by atoms with Crippen molar-refractivity contribution in [3.8, 4) is 16.3 Å². The monoisotopic (exact) mass is 359 g/mol. The number of ether oxygens (including phenoxy) is 1. The van der Waals surface area contributed by atoms with E-state index >= 15 is 0 Å². The van der Waals surface area contributed by atoms with Crippen molar-refractivity contribution in [2.75, 3.05) is 0 Å². The molecule has 0 amide bonds. The standard InChI is InChI=1S/C17H14BrNOS/c18-10-14-12-21-17(19-14)15-8-4-5-9-16(15)20-11-13-6-2-1-3-7-13/h1-9,12H,10-11H2. The van der Waals surface area contributed by atoms with E-state index in [-0.39, 0.29) is 0 Å². The van der Waals surface area contributed by atoms with Crippen LogP contribution in [0.3, 0.4) is 0 Å². The second-order valence-electron chi connectivity index (χ2n) is 4.55. The predicted molar refractivity (Wildman–Crippen MR) is 91.0 cm³/mol. The molecule has 0 saturated heterocycles. The van der Waals surface area contributed by atoms with Crippen LogP contribution in [0, 0.1) is 0 Å². The quantitative estimate of drug-likeness (QED) is 0.577. The summed E-state index contributed by atoms with van der Waals surface area (Å²) in [4.78, 5) is 4.61. The number of hydrogen-bond acceptors (Lipinski definition) is 3. The number of nitrogens with zero attached hydrogens (tertiary/aromatic N) is 1. The molecule has 1 heterocycles. The van der Waals surface area contributed by atoms with Crippen LogP contribution in [-0.2, 0) is 11.9 Å². The number of hydrogen-bond donors (Lipinski definition) is 0. The molecule has 21 heavy (non-hydrogen) atoms. The molecule has 0 spiro atoms. The van der Waals surface area contributed by atoms with Crippen molar-refractivity contribution in [1.82, 2.24) is 4.98 Å². The number of benzene rings is 2. The molecule has 0 fully saturated rings. The summed E-state index contributed by atoms with van der Waals surface area (Å²) in [5.41, 5.74) is 3.26. The molecule has 0 unspecified atom stereocenters. The average Bonchev–Trinajstić information content (AvgIpc) is 3.03. The minimum Gasteiger partial charge on any atom is -0.488 e. The highest BCUT2D eigenvalue weighted by Crippen LogP contribution is 2.32. The minimum absolute atomic E-state index is 0.564. The Morgan fingerprint density at radius 2 is 1.76 bits per heavy atom. The van der Waals surface area contributed by atoms with Gasteiger partial charge in [-0.1, -0.05) is 58.4 Å². The van der Waals surface area contributed by atoms with Gasteiger partial charge in [-0.3, -0.25) is 0 Å². The lowest BCUT2D eigenvalue weighted by Crippen LogP contribution is -1.96. The molecule has 2 aromatic carbocycles. The van der Waals surface area contributed by atoms with Crippen molar-refractivity contribution < 1.29 is 4.74 Å². The maximum Gasteiger partial charge on any atom is 0.130 e. The Kier molecular flexibility index (Phi) is 4.68. The maximum atomic E-state index is 5.98. The second-order valence-corrected chi connectivity index (χ2v) is 5.97. The third-order valence-electron chi connectivity index (χ3n) is 3.04. The van der Waals surface area contributed by atoms with Crippen molar-refractivity contribution >= 4 is 27.3 Å². The molecule has 0 saturated carbocycles. The summed E-state index contributed by atoms with van der Waals surface area (Å²) in [6.45, 7) is 0.564. The van der Waals surface area contributed by atoms with E-state index in [0.29, 0.717) is 6.61 Å². The summed E-state index contributed by atoms with van der Waals surface area (Å²) in [7, 11) is 0. The van der Waals surface area contributed by atoms with E-state index in [1.807, 2.05) is 36.4 Å². The Bertz CT molecular complexity index is 712. The zero-order valence-corrected chi connectivity index (χ0v) is 13.7. The van der Waals surface area contributed by atoms with Crippen LogP contribution in [-0.4, -0.2) is 4.98 Å². The van der Waals surface area contributed by atoms with Crippen LogP contribution >= 0.6 is 27.3 Å². The fourth-order valence-corrected chi connectivity index (χ4v) is 3.35. The number of para-hydroxylation sites is 1. The van der Waals surface area contributed by atoms with Crippen LogP contribution < -0.4 is 4.74 Å². The van der Waals surface area contributed by atoms with Gasteiger partial charge in [0.1, 0.15) is 17.4 Å². The maximum absolute atomic E-state index is 5.98. The minimum atomic E-state index is 0.564. The molecule has 1 aromatic heterocycles. The van der Waals surface area contributed by atoms with Gasteiger partial charge in [0.15, 0.2) is 0 Å². The Morgan fingerprint density at radius 3 is 2.52 bits per heavy atom. The van der Waals surface area contributed by atoms with Crippen LogP contribution in [0.15, 0.2) is 60.0 Å². The average molecular weight is 360 g/mol. The smallest absolute Gasteiger partial charge is 0.130 e. The number of alkyl halides is 1. The molecule has 3 rings (SSSR count). The van der Waals surface area contributed by atoms with Gasteiger partial charge < -0.3 is 4.74 Å². The van der Waals surface area contributed by atoms with Gasteiger partial charge >= 0.3 is 0 Å². The van der Waals surface area contributed by atoms with Crippen LogP contribution in [0.2, 0.25) is 0 Å². The fourth-order valence-electron chi connectivity index (χ4n) is 2.00. The first-order valence-electron chi connectivity index (χ1n) is 6.63. The summed E-state index contributed by atoms with van der Waals surface area (Å²) >= 11 is 5.08. The van der Waals surface area contributed by atoms with Crippen LogP contribution in [0.5, 0.6) is 5.75 Å². The number of rotatable bonds is 5. The number of aromatic nitrogens is 1. The first-order valence-corrected chi connectivity index (χ1v) is 8.63. The van der Waals surface area contributed by atoms with Crippen molar-refractivity contribution in [2.45, 2.75) is 11.9 Å². The first-order chi connectivity index (χ1) is 10.4. The molecule has 106 valence electrons. The lowest BCUT2D eigenvalue weighted by molar-refractivity contribution is 0.307. The zero-order chi connectivity index (χ0) is 14.5. The Labute approximate surface area is 136 Å². The molecular formula is C17H14BrNOS. The van der Waals surface area contributed by atoms with E-state index in [9.17, 15) is 0 Å². The normalized spacial score (nSPS) is 10.5. The van der Waals surface area contributed by atoms with Crippen LogP contribution in [0.1, 0.15) is 11.3 Å². The van der Waals surface area contributed by atoms with Gasteiger partial charge in [0, 0.05) is 10.7 Å². The van der Waals surface area contributed by atoms with Crippen molar-refractivity contribution in [3.05, 3.63) is 71.2 Å². The largest absolute Gasteiger partial charge is 0.488 e. The highest BCUT2D eigenvalue weighted by Gasteiger charge is 2.10. The second kappa shape index (κ2) is 6.87. The summed E-state index contributed by atoms with van der Waals surface area (Å²) in [6.07, 6.45) is 0. The fraction of sp³-hybridized carbons (Fsp3) is 0.118. The lowest BCUT2D eigenvalue weighted by atomic mass is 10.2. The van der Waals surface area contributed by atoms with E-state index in [2.05, 4.69) is 44.5 Å². The van der Waals surface area contributed by atoms with E-state index in [0.717, 1.165) is 32.9 Å². The van der Waals surface area contributed by atoms with Crippen molar-refractivity contribution in [3.63, 3.8) is 0 Å². The molecule has 0 aliphatic carbocycles. The Hall–Kier alpha value is -1.65.